The van der Waals surface area contributed by atoms with Gasteiger partial charge in [0.1, 0.15) is 5.92 Å². The van der Waals surface area contributed by atoms with Gasteiger partial charge in [-0.25, -0.2) is 0 Å². The molecule has 0 unspecified atom stereocenters. The Kier molecular flexibility index (Phi) is 4.34. The summed E-state index contributed by atoms with van der Waals surface area (Å²) < 4.78 is 0. The summed E-state index contributed by atoms with van der Waals surface area (Å²) in [5, 5.41) is 2.77. The zero-order chi connectivity index (χ0) is 14.5. The quantitative estimate of drug-likeness (QED) is 0.669. The number of rotatable bonds is 5. The van der Waals surface area contributed by atoms with Crippen LogP contribution < -0.4 is 16.2 Å². The van der Waals surface area contributed by atoms with Gasteiger partial charge in [-0.15, -0.1) is 0 Å². The first-order chi connectivity index (χ1) is 9.56. The van der Waals surface area contributed by atoms with Gasteiger partial charge in [0.15, 0.2) is 0 Å². The first-order valence-corrected chi connectivity index (χ1v) is 6.48. The molecule has 0 saturated carbocycles. The molecular formula is C14H17N3O3. The molecule has 106 valence electrons. The monoisotopic (exact) mass is 275 g/mol. The van der Waals surface area contributed by atoms with Crippen molar-refractivity contribution in [2.75, 3.05) is 0 Å². The summed E-state index contributed by atoms with van der Waals surface area (Å²) in [4.78, 5) is 34.2. The number of amides is 3. The van der Waals surface area contributed by atoms with Crippen molar-refractivity contribution in [3.05, 3.63) is 35.4 Å². The van der Waals surface area contributed by atoms with Crippen molar-refractivity contribution in [3.63, 3.8) is 0 Å². The summed E-state index contributed by atoms with van der Waals surface area (Å²) in [6.07, 6.45) is 0.370. The first-order valence-electron chi connectivity index (χ1n) is 6.48. The molecule has 1 aliphatic heterocycles. The maximum Gasteiger partial charge on any atom is 0.251 e. The predicted molar refractivity (Wildman–Crippen MR) is 72.0 cm³/mol. The number of hydrazine groups is 1. The highest BCUT2D eigenvalue weighted by Crippen LogP contribution is 2.10. The number of aryl methyl sites for hydroxylation is 1. The molecule has 6 nitrogen and oxygen atoms in total. The summed E-state index contributed by atoms with van der Waals surface area (Å²) in [6, 6.07) is 7.87. The lowest BCUT2D eigenvalue weighted by Crippen LogP contribution is -2.28. The van der Waals surface area contributed by atoms with E-state index in [-0.39, 0.29) is 30.6 Å². The maximum absolute atomic E-state index is 11.7. The Hall–Kier alpha value is -2.37. The third-order valence-electron chi connectivity index (χ3n) is 3.21. The topological polar surface area (TPSA) is 87.3 Å². The first kappa shape index (κ1) is 14.0. The Bertz CT molecular complexity index is 509. The third kappa shape index (κ3) is 3.57. The van der Waals surface area contributed by atoms with Crippen LogP contribution in [0.2, 0.25) is 0 Å². The van der Waals surface area contributed by atoms with Crippen LogP contribution in [0.1, 0.15) is 24.0 Å². The molecule has 2 rings (SSSR count). The fourth-order valence-corrected chi connectivity index (χ4v) is 1.95. The molecule has 1 saturated heterocycles. The SMILES string of the molecule is Cc1ccc(CNC(=O)CCC2C(=O)NNC2=O)cc1. The van der Waals surface area contributed by atoms with E-state index in [1.165, 1.54) is 5.56 Å². The van der Waals surface area contributed by atoms with E-state index in [0.717, 1.165) is 5.56 Å². The van der Waals surface area contributed by atoms with Crippen molar-refractivity contribution in [1.29, 1.82) is 0 Å². The van der Waals surface area contributed by atoms with Gasteiger partial charge < -0.3 is 5.32 Å². The van der Waals surface area contributed by atoms with E-state index in [4.69, 9.17) is 0 Å². The predicted octanol–water partition coefficient (Wildman–Crippen LogP) is 0.169. The molecule has 0 bridgehead atoms. The van der Waals surface area contributed by atoms with Crippen LogP contribution in [0.25, 0.3) is 0 Å². The van der Waals surface area contributed by atoms with Crippen LogP contribution in [0, 0.1) is 12.8 Å². The van der Waals surface area contributed by atoms with Crippen LogP contribution in [0.15, 0.2) is 24.3 Å². The van der Waals surface area contributed by atoms with Crippen LogP contribution >= 0.6 is 0 Å². The second-order valence-electron chi connectivity index (χ2n) is 4.83. The van der Waals surface area contributed by atoms with Crippen molar-refractivity contribution < 1.29 is 14.4 Å². The number of nitrogens with one attached hydrogen (secondary N) is 3. The summed E-state index contributed by atoms with van der Waals surface area (Å²) >= 11 is 0. The van der Waals surface area contributed by atoms with Gasteiger partial charge in [0.05, 0.1) is 0 Å². The minimum atomic E-state index is -0.764. The van der Waals surface area contributed by atoms with E-state index in [2.05, 4.69) is 16.2 Å². The molecule has 0 spiro atoms. The van der Waals surface area contributed by atoms with Gasteiger partial charge in [-0.3, -0.25) is 25.2 Å². The molecule has 0 aromatic heterocycles. The fourth-order valence-electron chi connectivity index (χ4n) is 1.95. The normalized spacial score (nSPS) is 14.8. The van der Waals surface area contributed by atoms with Gasteiger partial charge in [-0.05, 0) is 18.9 Å². The molecule has 3 amide bonds. The van der Waals surface area contributed by atoms with Crippen LogP contribution in [-0.2, 0) is 20.9 Å². The molecule has 20 heavy (non-hydrogen) atoms. The molecule has 1 aliphatic rings. The molecule has 1 aromatic rings. The number of hydrogen-bond donors (Lipinski definition) is 3. The van der Waals surface area contributed by atoms with Gasteiger partial charge in [-0.2, -0.15) is 0 Å². The van der Waals surface area contributed by atoms with E-state index in [0.29, 0.717) is 6.54 Å². The van der Waals surface area contributed by atoms with E-state index in [9.17, 15) is 14.4 Å². The molecule has 0 radical (unpaired) electrons. The number of carbonyl (C=O) groups is 3. The van der Waals surface area contributed by atoms with Crippen molar-refractivity contribution >= 4 is 17.7 Å². The lowest BCUT2D eigenvalue weighted by atomic mass is 10.0. The van der Waals surface area contributed by atoms with Crippen molar-refractivity contribution in [2.45, 2.75) is 26.3 Å². The van der Waals surface area contributed by atoms with Crippen LogP contribution in [-0.4, -0.2) is 17.7 Å². The molecule has 1 fully saturated rings. The number of hydrogen-bond acceptors (Lipinski definition) is 3. The van der Waals surface area contributed by atoms with Crippen molar-refractivity contribution in [3.8, 4) is 0 Å². The zero-order valence-corrected chi connectivity index (χ0v) is 11.2. The molecule has 1 aromatic carbocycles. The molecule has 0 aliphatic carbocycles. The summed E-state index contributed by atoms with van der Waals surface area (Å²) in [6.45, 7) is 2.45. The summed E-state index contributed by atoms with van der Waals surface area (Å²) in [5.41, 5.74) is 6.65. The van der Waals surface area contributed by atoms with Crippen LogP contribution in [0.5, 0.6) is 0 Å². The highest BCUT2D eigenvalue weighted by Gasteiger charge is 2.32. The van der Waals surface area contributed by atoms with Crippen LogP contribution in [0.4, 0.5) is 0 Å². The van der Waals surface area contributed by atoms with Gasteiger partial charge in [-0.1, -0.05) is 29.8 Å². The van der Waals surface area contributed by atoms with Gasteiger partial charge >= 0.3 is 0 Å². The molecule has 1 heterocycles. The van der Waals surface area contributed by atoms with E-state index in [1.54, 1.807) is 0 Å². The standard InChI is InChI=1S/C14H17N3O3/c1-9-2-4-10(5-3-9)8-15-12(18)7-6-11-13(19)16-17-14(11)20/h2-5,11H,6-8H2,1H3,(H,15,18)(H,16,19)(H,17,20). The maximum atomic E-state index is 11.7. The largest absolute Gasteiger partial charge is 0.352 e. The van der Waals surface area contributed by atoms with E-state index < -0.39 is 5.92 Å². The minimum absolute atomic E-state index is 0.150. The van der Waals surface area contributed by atoms with E-state index >= 15 is 0 Å². The Morgan fingerprint density at radius 2 is 1.75 bits per heavy atom. The minimum Gasteiger partial charge on any atom is -0.352 e. The Balaban J connectivity index is 1.74. The molecule has 3 N–H and O–H groups in total. The average Bonchev–Trinajstić information content (AvgIpc) is 2.75. The van der Waals surface area contributed by atoms with E-state index in [1.807, 2.05) is 31.2 Å². The second-order valence-corrected chi connectivity index (χ2v) is 4.83. The Labute approximate surface area is 116 Å². The van der Waals surface area contributed by atoms with Crippen molar-refractivity contribution in [1.82, 2.24) is 16.2 Å². The molecular weight excluding hydrogens is 258 g/mol. The highest BCUT2D eigenvalue weighted by molar-refractivity contribution is 6.05. The van der Waals surface area contributed by atoms with Gasteiger partial charge in [0, 0.05) is 13.0 Å². The smallest absolute Gasteiger partial charge is 0.251 e. The van der Waals surface area contributed by atoms with Crippen molar-refractivity contribution in [2.24, 2.45) is 5.92 Å². The Morgan fingerprint density at radius 3 is 2.35 bits per heavy atom. The second kappa shape index (κ2) is 6.18. The summed E-state index contributed by atoms with van der Waals surface area (Å²) in [5.74, 6) is -1.68. The molecule has 6 heteroatoms. The fraction of sp³-hybridized carbons (Fsp3) is 0.357. The highest BCUT2D eigenvalue weighted by atomic mass is 16.2. The summed E-state index contributed by atoms with van der Waals surface area (Å²) in [7, 11) is 0. The lowest BCUT2D eigenvalue weighted by Gasteiger charge is -2.07. The van der Waals surface area contributed by atoms with Gasteiger partial charge in [0.25, 0.3) is 11.8 Å². The number of carbonyl (C=O) groups excluding carboxylic acids is 3. The third-order valence-corrected chi connectivity index (χ3v) is 3.21. The average molecular weight is 275 g/mol. The lowest BCUT2D eigenvalue weighted by molar-refractivity contribution is -0.128. The van der Waals surface area contributed by atoms with Gasteiger partial charge in [0.2, 0.25) is 5.91 Å². The zero-order valence-electron chi connectivity index (χ0n) is 11.2. The Morgan fingerprint density at radius 1 is 1.15 bits per heavy atom. The number of benzene rings is 1. The van der Waals surface area contributed by atoms with Crippen LogP contribution in [0.3, 0.4) is 0 Å². The molecule has 0 atom stereocenters.